The summed E-state index contributed by atoms with van der Waals surface area (Å²) in [6.45, 7) is 1.29. The summed E-state index contributed by atoms with van der Waals surface area (Å²) in [5.41, 5.74) is 1.02. The normalized spacial score (nSPS) is 17.7. The number of H-pyrrole nitrogens is 1. The van der Waals surface area contributed by atoms with Crippen molar-refractivity contribution in [2.24, 2.45) is 0 Å². The second kappa shape index (κ2) is 7.38. The van der Waals surface area contributed by atoms with E-state index in [0.29, 0.717) is 31.5 Å². The van der Waals surface area contributed by atoms with E-state index in [4.69, 9.17) is 0 Å². The number of aromatic nitrogens is 2. The Morgan fingerprint density at radius 2 is 2.17 bits per heavy atom. The first-order valence-electron chi connectivity index (χ1n) is 8.20. The van der Waals surface area contributed by atoms with E-state index < -0.39 is 0 Å². The van der Waals surface area contributed by atoms with Crippen LogP contribution in [0, 0.1) is 5.82 Å². The van der Waals surface area contributed by atoms with Crippen molar-refractivity contribution in [2.75, 3.05) is 13.1 Å². The summed E-state index contributed by atoms with van der Waals surface area (Å²) in [6.07, 6.45) is 4.00. The summed E-state index contributed by atoms with van der Waals surface area (Å²) in [4.78, 5) is 32.0. The number of halogens is 1. The molecule has 2 aromatic rings. The molecule has 0 bridgehead atoms. The molecule has 3 rings (SSSR count). The van der Waals surface area contributed by atoms with Crippen LogP contribution >= 0.6 is 0 Å². The lowest BCUT2D eigenvalue weighted by molar-refractivity contribution is -0.132. The highest BCUT2D eigenvalue weighted by Gasteiger charge is 2.25. The Morgan fingerprint density at radius 1 is 1.33 bits per heavy atom. The Bertz CT molecular complexity index is 775. The van der Waals surface area contributed by atoms with E-state index in [1.165, 1.54) is 12.3 Å². The standard InChI is InChI=1S/C18H20FN3O2/c19-15-6-2-1-4-13(15)7-8-17(23)22-11-3-5-14(12-22)16-9-10-20-18(24)21-16/h1-2,4,6,9-10,14H,3,5,7-8,11-12H2,(H,20,21,24)/t14-/m0/s1. The number of nitrogens with one attached hydrogen (secondary N) is 1. The number of hydrogen-bond acceptors (Lipinski definition) is 3. The second-order valence-corrected chi connectivity index (χ2v) is 6.10. The summed E-state index contributed by atoms with van der Waals surface area (Å²) >= 11 is 0. The predicted octanol–water partition coefficient (Wildman–Crippen LogP) is 2.25. The Labute approximate surface area is 139 Å². The van der Waals surface area contributed by atoms with Gasteiger partial charge in [-0.15, -0.1) is 0 Å². The molecule has 1 amide bonds. The maximum absolute atomic E-state index is 13.6. The van der Waals surface area contributed by atoms with Crippen molar-refractivity contribution in [1.29, 1.82) is 0 Å². The molecule has 126 valence electrons. The van der Waals surface area contributed by atoms with Crippen LogP contribution in [0.2, 0.25) is 0 Å². The second-order valence-electron chi connectivity index (χ2n) is 6.10. The Balaban J connectivity index is 1.61. The zero-order valence-electron chi connectivity index (χ0n) is 13.4. The average molecular weight is 329 g/mol. The van der Waals surface area contributed by atoms with Crippen LogP contribution in [0.25, 0.3) is 0 Å². The number of aromatic amines is 1. The molecule has 0 radical (unpaired) electrons. The molecule has 1 fully saturated rings. The zero-order valence-corrected chi connectivity index (χ0v) is 13.4. The van der Waals surface area contributed by atoms with Gasteiger partial charge in [-0.2, -0.15) is 0 Å². The van der Waals surface area contributed by atoms with E-state index in [2.05, 4.69) is 9.97 Å². The predicted molar refractivity (Wildman–Crippen MR) is 88.1 cm³/mol. The first kappa shape index (κ1) is 16.4. The monoisotopic (exact) mass is 329 g/mol. The summed E-state index contributed by atoms with van der Waals surface area (Å²) in [5.74, 6) is -0.123. The van der Waals surface area contributed by atoms with Crippen LogP contribution in [0.1, 0.15) is 36.4 Å². The highest BCUT2D eigenvalue weighted by molar-refractivity contribution is 5.76. The van der Waals surface area contributed by atoms with Gasteiger partial charge in [0.1, 0.15) is 5.82 Å². The van der Waals surface area contributed by atoms with Gasteiger partial charge in [0.2, 0.25) is 5.91 Å². The van der Waals surface area contributed by atoms with Gasteiger partial charge in [-0.05, 0) is 37.0 Å². The molecule has 6 heteroatoms. The molecule has 2 heterocycles. The van der Waals surface area contributed by atoms with Crippen molar-refractivity contribution in [1.82, 2.24) is 14.9 Å². The number of nitrogens with zero attached hydrogens (tertiary/aromatic N) is 2. The quantitative estimate of drug-likeness (QED) is 0.935. The van der Waals surface area contributed by atoms with Gasteiger partial charge in [-0.1, -0.05) is 18.2 Å². The van der Waals surface area contributed by atoms with Gasteiger partial charge in [0.25, 0.3) is 0 Å². The first-order valence-corrected chi connectivity index (χ1v) is 8.20. The molecule has 1 aliphatic heterocycles. The highest BCUT2D eigenvalue weighted by atomic mass is 19.1. The number of benzene rings is 1. The molecule has 0 unspecified atom stereocenters. The van der Waals surface area contributed by atoms with Gasteiger partial charge < -0.3 is 9.88 Å². The summed E-state index contributed by atoms with van der Waals surface area (Å²) in [5, 5.41) is 0. The van der Waals surface area contributed by atoms with Crippen LogP contribution in [0.4, 0.5) is 4.39 Å². The lowest BCUT2D eigenvalue weighted by atomic mass is 9.94. The number of aryl methyl sites for hydroxylation is 1. The van der Waals surface area contributed by atoms with Crippen molar-refractivity contribution >= 4 is 5.91 Å². The molecule has 1 aromatic carbocycles. The third kappa shape index (κ3) is 3.88. The number of likely N-dealkylation sites (tertiary alicyclic amines) is 1. The third-order valence-electron chi connectivity index (χ3n) is 4.48. The average Bonchev–Trinajstić information content (AvgIpc) is 2.61. The molecule has 0 spiro atoms. The lowest BCUT2D eigenvalue weighted by Gasteiger charge is -2.32. The van der Waals surface area contributed by atoms with Crippen LogP contribution in [-0.4, -0.2) is 33.9 Å². The number of rotatable bonds is 4. The van der Waals surface area contributed by atoms with Gasteiger partial charge in [0.05, 0.1) is 0 Å². The molecule has 0 saturated carbocycles. The van der Waals surface area contributed by atoms with Crippen LogP contribution in [0.5, 0.6) is 0 Å². The van der Waals surface area contributed by atoms with Gasteiger partial charge >= 0.3 is 5.69 Å². The molecular formula is C18H20FN3O2. The van der Waals surface area contributed by atoms with Crippen LogP contribution in [-0.2, 0) is 11.2 Å². The molecule has 1 aromatic heterocycles. The zero-order chi connectivity index (χ0) is 16.9. The number of piperidine rings is 1. The molecule has 1 N–H and O–H groups in total. The fourth-order valence-corrected chi connectivity index (χ4v) is 3.18. The Hall–Kier alpha value is -2.50. The Kier molecular flexibility index (Phi) is 5.03. The van der Waals surface area contributed by atoms with Crippen molar-refractivity contribution in [3.8, 4) is 0 Å². The van der Waals surface area contributed by atoms with Crippen LogP contribution < -0.4 is 5.69 Å². The number of carbonyl (C=O) groups excluding carboxylic acids is 1. The summed E-state index contributed by atoms with van der Waals surface area (Å²) < 4.78 is 13.6. The van der Waals surface area contributed by atoms with Crippen molar-refractivity contribution in [2.45, 2.75) is 31.6 Å². The smallest absolute Gasteiger partial charge is 0.342 e. The summed E-state index contributed by atoms with van der Waals surface area (Å²) in [6, 6.07) is 8.34. The number of carbonyl (C=O) groups is 1. The van der Waals surface area contributed by atoms with Crippen molar-refractivity contribution in [3.63, 3.8) is 0 Å². The minimum Gasteiger partial charge on any atom is -0.342 e. The van der Waals surface area contributed by atoms with Gasteiger partial charge in [0.15, 0.2) is 0 Å². The molecule has 1 saturated heterocycles. The lowest BCUT2D eigenvalue weighted by Crippen LogP contribution is -2.39. The van der Waals surface area contributed by atoms with Gasteiger partial charge in [-0.3, -0.25) is 4.79 Å². The largest absolute Gasteiger partial charge is 0.345 e. The molecule has 1 atom stereocenters. The molecule has 1 aliphatic rings. The number of amides is 1. The van der Waals surface area contributed by atoms with E-state index in [9.17, 15) is 14.0 Å². The van der Waals surface area contributed by atoms with Crippen LogP contribution in [0.3, 0.4) is 0 Å². The molecule has 0 aliphatic carbocycles. The first-order chi connectivity index (χ1) is 11.6. The summed E-state index contributed by atoms with van der Waals surface area (Å²) in [7, 11) is 0. The topological polar surface area (TPSA) is 66.1 Å². The van der Waals surface area contributed by atoms with Crippen molar-refractivity contribution in [3.05, 3.63) is 64.1 Å². The fourth-order valence-electron chi connectivity index (χ4n) is 3.18. The molecule has 5 nitrogen and oxygen atoms in total. The van der Waals surface area contributed by atoms with E-state index in [0.717, 1.165) is 18.5 Å². The maximum Gasteiger partial charge on any atom is 0.345 e. The maximum atomic E-state index is 13.6. The fraction of sp³-hybridized carbons (Fsp3) is 0.389. The van der Waals surface area contributed by atoms with Gasteiger partial charge in [0, 0.05) is 37.3 Å². The Morgan fingerprint density at radius 3 is 2.96 bits per heavy atom. The SMILES string of the molecule is O=C(CCc1ccccc1F)N1CCC[C@H](c2ccnc(=O)[nH]2)C1. The molecule has 24 heavy (non-hydrogen) atoms. The van der Waals surface area contributed by atoms with Gasteiger partial charge in [-0.25, -0.2) is 14.2 Å². The van der Waals surface area contributed by atoms with E-state index >= 15 is 0 Å². The highest BCUT2D eigenvalue weighted by Crippen LogP contribution is 2.25. The van der Waals surface area contributed by atoms with E-state index in [1.807, 2.05) is 4.90 Å². The minimum atomic E-state index is -0.365. The van der Waals surface area contributed by atoms with E-state index in [-0.39, 0.29) is 23.3 Å². The van der Waals surface area contributed by atoms with E-state index in [1.54, 1.807) is 24.3 Å². The number of hydrogen-bond donors (Lipinski definition) is 1. The minimum absolute atomic E-state index is 0.0272. The molecular weight excluding hydrogens is 309 g/mol. The van der Waals surface area contributed by atoms with Crippen LogP contribution in [0.15, 0.2) is 41.3 Å². The third-order valence-corrected chi connectivity index (χ3v) is 4.48. The van der Waals surface area contributed by atoms with Crippen molar-refractivity contribution < 1.29 is 9.18 Å².